The molecule has 4 aromatic rings. The van der Waals surface area contributed by atoms with Gasteiger partial charge in [-0.25, -0.2) is 0 Å². The smallest absolute Gasteiger partial charge is 0.165 e. The van der Waals surface area contributed by atoms with Crippen molar-refractivity contribution in [3.8, 4) is 5.75 Å². The van der Waals surface area contributed by atoms with E-state index in [1.165, 1.54) is 4.88 Å². The highest BCUT2D eigenvalue weighted by molar-refractivity contribution is 7.09. The van der Waals surface area contributed by atoms with Gasteiger partial charge in [-0.3, -0.25) is 4.79 Å². The Morgan fingerprint density at radius 2 is 1.93 bits per heavy atom. The van der Waals surface area contributed by atoms with Crippen LogP contribution in [-0.4, -0.2) is 15.5 Å². The highest BCUT2D eigenvalue weighted by atomic mass is 35.5. The molecule has 0 aliphatic rings. The van der Waals surface area contributed by atoms with E-state index in [9.17, 15) is 9.90 Å². The van der Waals surface area contributed by atoms with Crippen LogP contribution >= 0.6 is 22.9 Å². The maximum absolute atomic E-state index is 13.1. The third kappa shape index (κ3) is 3.71. The Labute approximate surface area is 172 Å². The molecule has 2 heterocycles. The summed E-state index contributed by atoms with van der Waals surface area (Å²) in [5, 5.41) is 13.6. The molecule has 3 nitrogen and oxygen atoms in total. The van der Waals surface area contributed by atoms with E-state index in [-0.39, 0.29) is 11.5 Å². The van der Waals surface area contributed by atoms with Gasteiger partial charge >= 0.3 is 0 Å². The predicted octanol–water partition coefficient (Wildman–Crippen LogP) is 6.23. The molecule has 0 fully saturated rings. The number of aryl methyl sites for hydroxylation is 1. The SMILES string of the molecule is Cc1c(C(=O)CCc2ccc(Cl)cc2)c2cc(O)ccc2n1Cc1cccs1. The molecule has 2 aromatic carbocycles. The van der Waals surface area contributed by atoms with E-state index in [1.807, 2.05) is 43.3 Å². The zero-order valence-electron chi connectivity index (χ0n) is 15.5. The summed E-state index contributed by atoms with van der Waals surface area (Å²) in [5.74, 6) is 0.264. The Bertz CT molecular complexity index is 1130. The fourth-order valence-electron chi connectivity index (χ4n) is 3.62. The number of thiophene rings is 1. The first-order valence-corrected chi connectivity index (χ1v) is 10.4. The Hall–Kier alpha value is -2.56. The van der Waals surface area contributed by atoms with Gasteiger partial charge in [0.2, 0.25) is 0 Å². The molecule has 142 valence electrons. The van der Waals surface area contributed by atoms with Crippen molar-refractivity contribution in [2.75, 3.05) is 0 Å². The second-order valence-electron chi connectivity index (χ2n) is 6.88. The van der Waals surface area contributed by atoms with Gasteiger partial charge in [-0.2, -0.15) is 0 Å². The van der Waals surface area contributed by atoms with Gasteiger partial charge in [0.05, 0.1) is 6.54 Å². The largest absolute Gasteiger partial charge is 0.508 e. The molecule has 0 atom stereocenters. The summed E-state index contributed by atoms with van der Waals surface area (Å²) >= 11 is 7.64. The molecule has 4 rings (SSSR count). The fourth-order valence-corrected chi connectivity index (χ4v) is 4.44. The second kappa shape index (κ2) is 7.82. The minimum Gasteiger partial charge on any atom is -0.508 e. The van der Waals surface area contributed by atoms with Crippen molar-refractivity contribution in [1.82, 2.24) is 4.57 Å². The van der Waals surface area contributed by atoms with Gasteiger partial charge in [0.1, 0.15) is 5.75 Å². The van der Waals surface area contributed by atoms with E-state index in [4.69, 9.17) is 11.6 Å². The Kier molecular flexibility index (Phi) is 5.25. The Morgan fingerprint density at radius 1 is 1.14 bits per heavy atom. The summed E-state index contributed by atoms with van der Waals surface area (Å²) in [6.07, 6.45) is 1.07. The summed E-state index contributed by atoms with van der Waals surface area (Å²) in [6.45, 7) is 2.70. The first-order chi connectivity index (χ1) is 13.5. The van der Waals surface area contributed by atoms with Crippen LogP contribution in [-0.2, 0) is 13.0 Å². The van der Waals surface area contributed by atoms with Crippen molar-refractivity contribution in [1.29, 1.82) is 0 Å². The molecule has 0 radical (unpaired) electrons. The van der Waals surface area contributed by atoms with Gasteiger partial charge in [-0.1, -0.05) is 29.8 Å². The number of Topliss-reactive ketones (excluding diaryl/α,β-unsaturated/α-hetero) is 1. The van der Waals surface area contributed by atoms with E-state index in [0.29, 0.717) is 23.4 Å². The predicted molar refractivity (Wildman–Crippen MR) is 116 cm³/mol. The normalized spacial score (nSPS) is 11.2. The Morgan fingerprint density at radius 3 is 2.64 bits per heavy atom. The lowest BCUT2D eigenvalue weighted by Gasteiger charge is -2.07. The number of ketones is 1. The molecule has 0 bridgehead atoms. The number of fused-ring (bicyclic) bond motifs is 1. The zero-order chi connectivity index (χ0) is 19.7. The molecule has 5 heteroatoms. The number of carbonyl (C=O) groups excluding carboxylic acids is 1. The number of aromatic hydroxyl groups is 1. The van der Waals surface area contributed by atoms with Crippen LogP contribution in [0, 0.1) is 6.92 Å². The van der Waals surface area contributed by atoms with Crippen molar-refractivity contribution in [2.45, 2.75) is 26.3 Å². The first kappa shape index (κ1) is 18.8. The molecule has 0 amide bonds. The minimum atomic E-state index is 0.0907. The third-order valence-electron chi connectivity index (χ3n) is 5.03. The third-order valence-corrected chi connectivity index (χ3v) is 6.15. The van der Waals surface area contributed by atoms with E-state index < -0.39 is 0 Å². The maximum atomic E-state index is 13.1. The molecule has 1 N–H and O–H groups in total. The monoisotopic (exact) mass is 409 g/mol. The first-order valence-electron chi connectivity index (χ1n) is 9.15. The average Bonchev–Trinajstić information content (AvgIpc) is 3.28. The number of phenols is 1. The summed E-state index contributed by atoms with van der Waals surface area (Å²) < 4.78 is 2.16. The molecule has 28 heavy (non-hydrogen) atoms. The van der Waals surface area contributed by atoms with Crippen LogP contribution in [0.3, 0.4) is 0 Å². The molecule has 0 unspecified atom stereocenters. The van der Waals surface area contributed by atoms with Crippen molar-refractivity contribution >= 4 is 39.6 Å². The van der Waals surface area contributed by atoms with E-state index in [1.54, 1.807) is 23.5 Å². The summed E-state index contributed by atoms with van der Waals surface area (Å²) in [7, 11) is 0. The fraction of sp³-hybridized carbons (Fsp3) is 0.174. The lowest BCUT2D eigenvalue weighted by atomic mass is 10.0. The van der Waals surface area contributed by atoms with Gasteiger partial charge in [0.25, 0.3) is 0 Å². The quantitative estimate of drug-likeness (QED) is 0.383. The highest BCUT2D eigenvalue weighted by Crippen LogP contribution is 2.31. The number of phenolic OH excluding ortho intramolecular Hbond substituents is 1. The molecule has 0 saturated carbocycles. The number of nitrogens with zero attached hydrogens (tertiary/aromatic N) is 1. The van der Waals surface area contributed by atoms with Crippen molar-refractivity contribution in [2.24, 2.45) is 0 Å². The number of hydrogen-bond acceptors (Lipinski definition) is 3. The number of hydrogen-bond donors (Lipinski definition) is 1. The van der Waals surface area contributed by atoms with Crippen LogP contribution in [0.4, 0.5) is 0 Å². The van der Waals surface area contributed by atoms with E-state index >= 15 is 0 Å². The number of aromatic nitrogens is 1. The molecule has 0 saturated heterocycles. The summed E-state index contributed by atoms with van der Waals surface area (Å²) in [5.41, 5.74) is 3.70. The number of carbonyl (C=O) groups is 1. The Balaban J connectivity index is 1.68. The van der Waals surface area contributed by atoms with Crippen LogP contribution in [0.5, 0.6) is 5.75 Å². The minimum absolute atomic E-state index is 0.0907. The highest BCUT2D eigenvalue weighted by Gasteiger charge is 2.20. The van der Waals surface area contributed by atoms with Gasteiger partial charge in [0.15, 0.2) is 5.78 Å². The second-order valence-corrected chi connectivity index (χ2v) is 8.35. The summed E-state index contributed by atoms with van der Waals surface area (Å²) in [6, 6.07) is 17.0. The zero-order valence-corrected chi connectivity index (χ0v) is 17.1. The van der Waals surface area contributed by atoms with Crippen LogP contribution in [0.15, 0.2) is 60.0 Å². The van der Waals surface area contributed by atoms with Crippen molar-refractivity contribution < 1.29 is 9.90 Å². The molecule has 0 aliphatic heterocycles. The topological polar surface area (TPSA) is 42.2 Å². The number of halogens is 1. The van der Waals surface area contributed by atoms with Crippen molar-refractivity contribution in [3.05, 3.63) is 86.7 Å². The van der Waals surface area contributed by atoms with Crippen LogP contribution in [0.1, 0.15) is 32.9 Å². The number of benzene rings is 2. The number of rotatable bonds is 6. The van der Waals surface area contributed by atoms with Gasteiger partial charge in [0, 0.05) is 38.5 Å². The van der Waals surface area contributed by atoms with Crippen molar-refractivity contribution in [3.63, 3.8) is 0 Å². The van der Waals surface area contributed by atoms with E-state index in [2.05, 4.69) is 16.0 Å². The molecular formula is C23H20ClNO2S. The van der Waals surface area contributed by atoms with Crippen LogP contribution in [0.2, 0.25) is 5.02 Å². The molecule has 0 spiro atoms. The lowest BCUT2D eigenvalue weighted by Crippen LogP contribution is -2.05. The molecule has 0 aliphatic carbocycles. The van der Waals surface area contributed by atoms with Crippen LogP contribution < -0.4 is 0 Å². The summed E-state index contributed by atoms with van der Waals surface area (Å²) in [4.78, 5) is 14.4. The molecular weight excluding hydrogens is 390 g/mol. The standard InChI is InChI=1S/C23H20ClNO2S/c1-15-23(22(27)11-6-16-4-7-17(24)8-5-16)20-13-18(26)9-10-21(20)25(15)14-19-3-2-12-28-19/h2-5,7-10,12-13,26H,6,11,14H2,1H3. The average molecular weight is 410 g/mol. The van der Waals surface area contributed by atoms with Gasteiger partial charge < -0.3 is 9.67 Å². The van der Waals surface area contributed by atoms with Crippen LogP contribution in [0.25, 0.3) is 10.9 Å². The maximum Gasteiger partial charge on any atom is 0.165 e. The van der Waals surface area contributed by atoms with E-state index in [0.717, 1.165) is 28.7 Å². The van der Waals surface area contributed by atoms with Gasteiger partial charge in [-0.05, 0) is 60.7 Å². The molecule has 2 aromatic heterocycles. The lowest BCUT2D eigenvalue weighted by molar-refractivity contribution is 0.0983. The van der Waals surface area contributed by atoms with Gasteiger partial charge in [-0.15, -0.1) is 11.3 Å².